The summed E-state index contributed by atoms with van der Waals surface area (Å²) in [5, 5.41) is 0. The van der Waals surface area contributed by atoms with Crippen molar-refractivity contribution < 1.29 is 22.7 Å². The van der Waals surface area contributed by atoms with Gasteiger partial charge in [0.05, 0.1) is 18.6 Å². The van der Waals surface area contributed by atoms with E-state index in [0.717, 1.165) is 11.3 Å². The zero-order valence-electron chi connectivity index (χ0n) is 16.2. The molecule has 1 atom stereocenters. The van der Waals surface area contributed by atoms with Crippen LogP contribution in [0.4, 0.5) is 0 Å². The summed E-state index contributed by atoms with van der Waals surface area (Å²) in [5.74, 6) is 0.705. The fraction of sp³-hybridized carbons (Fsp3) is 0.579. The van der Waals surface area contributed by atoms with Gasteiger partial charge in [0.2, 0.25) is 11.8 Å². The zero-order chi connectivity index (χ0) is 20.0. The van der Waals surface area contributed by atoms with Crippen LogP contribution >= 0.6 is 0 Å². The van der Waals surface area contributed by atoms with Gasteiger partial charge < -0.3 is 14.5 Å². The molecule has 1 fully saturated rings. The molecular formula is C19H28N2O5S. The molecule has 0 bridgehead atoms. The quantitative estimate of drug-likeness (QED) is 0.658. The number of sulfone groups is 1. The van der Waals surface area contributed by atoms with Crippen molar-refractivity contribution >= 4 is 21.7 Å². The molecule has 27 heavy (non-hydrogen) atoms. The molecule has 0 aromatic heterocycles. The summed E-state index contributed by atoms with van der Waals surface area (Å²) in [6.07, 6.45) is 1.29. The van der Waals surface area contributed by atoms with Crippen molar-refractivity contribution in [2.75, 3.05) is 38.8 Å². The third-order valence-electron chi connectivity index (χ3n) is 5.03. The van der Waals surface area contributed by atoms with Gasteiger partial charge in [-0.05, 0) is 24.5 Å². The Morgan fingerprint density at radius 1 is 1.22 bits per heavy atom. The van der Waals surface area contributed by atoms with E-state index in [2.05, 4.69) is 0 Å². The molecule has 8 heteroatoms. The minimum absolute atomic E-state index is 0.0272. The summed E-state index contributed by atoms with van der Waals surface area (Å²) < 4.78 is 28.5. The second-order valence-electron chi connectivity index (χ2n) is 6.88. The standard InChI is InChI=1S/C19H28N2O5S/c1-15(22)21(11-8-16-6-4-5-7-18(16)26-3)12-9-19(23)20(2)17-10-13-27(24,25)14-17/h4-7,17H,8-14H2,1-3H3. The third kappa shape index (κ3) is 5.95. The largest absolute Gasteiger partial charge is 0.496 e. The molecule has 1 aromatic carbocycles. The van der Waals surface area contributed by atoms with Gasteiger partial charge in [0.15, 0.2) is 9.84 Å². The van der Waals surface area contributed by atoms with Gasteiger partial charge in [-0.3, -0.25) is 9.59 Å². The van der Waals surface area contributed by atoms with E-state index in [1.165, 1.54) is 11.8 Å². The number of methoxy groups -OCH3 is 1. The van der Waals surface area contributed by atoms with E-state index in [-0.39, 0.29) is 35.8 Å². The van der Waals surface area contributed by atoms with Gasteiger partial charge in [0.25, 0.3) is 0 Å². The van der Waals surface area contributed by atoms with Gasteiger partial charge in [0, 0.05) is 39.5 Å². The van der Waals surface area contributed by atoms with Crippen molar-refractivity contribution in [1.29, 1.82) is 0 Å². The predicted molar refractivity (Wildman–Crippen MR) is 103 cm³/mol. The maximum absolute atomic E-state index is 12.4. The normalized spacial score (nSPS) is 18.1. The van der Waals surface area contributed by atoms with Crippen LogP contribution in [0.5, 0.6) is 5.75 Å². The monoisotopic (exact) mass is 396 g/mol. The van der Waals surface area contributed by atoms with Crippen LogP contribution in [0.15, 0.2) is 24.3 Å². The first-order valence-corrected chi connectivity index (χ1v) is 10.9. The van der Waals surface area contributed by atoms with Crippen molar-refractivity contribution in [2.45, 2.75) is 32.2 Å². The van der Waals surface area contributed by atoms with Crippen molar-refractivity contribution in [1.82, 2.24) is 9.80 Å². The van der Waals surface area contributed by atoms with E-state index in [0.29, 0.717) is 25.9 Å². The number of carbonyl (C=O) groups is 2. The first-order valence-electron chi connectivity index (χ1n) is 9.07. The summed E-state index contributed by atoms with van der Waals surface area (Å²) in [4.78, 5) is 27.5. The predicted octanol–water partition coefficient (Wildman–Crippen LogP) is 1.12. The van der Waals surface area contributed by atoms with E-state index >= 15 is 0 Å². The molecule has 0 spiro atoms. The lowest BCUT2D eigenvalue weighted by atomic mass is 10.1. The lowest BCUT2D eigenvalue weighted by molar-refractivity contribution is -0.133. The Hall–Kier alpha value is -2.09. The molecule has 2 rings (SSSR count). The van der Waals surface area contributed by atoms with E-state index in [4.69, 9.17) is 4.74 Å². The summed E-state index contributed by atoms with van der Waals surface area (Å²) in [6, 6.07) is 7.38. The van der Waals surface area contributed by atoms with E-state index < -0.39 is 9.84 Å². The number of hydrogen-bond acceptors (Lipinski definition) is 5. The van der Waals surface area contributed by atoms with Crippen molar-refractivity contribution in [3.05, 3.63) is 29.8 Å². The molecule has 150 valence electrons. The van der Waals surface area contributed by atoms with Crippen LogP contribution in [-0.4, -0.2) is 74.8 Å². The van der Waals surface area contributed by atoms with Gasteiger partial charge in [0.1, 0.15) is 5.75 Å². The Bertz CT molecular complexity index is 778. The first kappa shape index (κ1) is 21.2. The van der Waals surface area contributed by atoms with E-state index in [9.17, 15) is 18.0 Å². The van der Waals surface area contributed by atoms with Crippen LogP contribution in [0.2, 0.25) is 0 Å². The minimum atomic E-state index is -3.03. The topological polar surface area (TPSA) is 84.0 Å². The second kappa shape index (κ2) is 9.21. The van der Waals surface area contributed by atoms with Gasteiger partial charge in [-0.1, -0.05) is 18.2 Å². The highest BCUT2D eigenvalue weighted by Crippen LogP contribution is 2.19. The molecule has 0 radical (unpaired) electrons. The fourth-order valence-electron chi connectivity index (χ4n) is 3.28. The van der Waals surface area contributed by atoms with E-state index in [1.54, 1.807) is 19.1 Å². The molecule has 1 heterocycles. The van der Waals surface area contributed by atoms with Gasteiger partial charge in [-0.25, -0.2) is 8.42 Å². The summed E-state index contributed by atoms with van der Waals surface area (Å²) >= 11 is 0. The van der Waals surface area contributed by atoms with Crippen LogP contribution in [-0.2, 0) is 25.8 Å². The van der Waals surface area contributed by atoms with Gasteiger partial charge >= 0.3 is 0 Å². The van der Waals surface area contributed by atoms with Crippen LogP contribution in [0.1, 0.15) is 25.3 Å². The number of ether oxygens (including phenoxy) is 1. The van der Waals surface area contributed by atoms with Crippen molar-refractivity contribution in [3.63, 3.8) is 0 Å². The smallest absolute Gasteiger partial charge is 0.224 e. The molecule has 1 aromatic rings. The van der Waals surface area contributed by atoms with E-state index in [1.807, 2.05) is 24.3 Å². The van der Waals surface area contributed by atoms with Crippen molar-refractivity contribution in [3.8, 4) is 5.75 Å². The average Bonchev–Trinajstić information content (AvgIpc) is 3.00. The molecule has 0 N–H and O–H groups in total. The zero-order valence-corrected chi connectivity index (χ0v) is 17.0. The number of amides is 2. The number of carbonyl (C=O) groups excluding carboxylic acids is 2. The van der Waals surface area contributed by atoms with Crippen LogP contribution in [0.25, 0.3) is 0 Å². The number of benzene rings is 1. The van der Waals surface area contributed by atoms with Crippen LogP contribution in [0.3, 0.4) is 0 Å². The molecule has 0 aliphatic carbocycles. The second-order valence-corrected chi connectivity index (χ2v) is 9.11. The van der Waals surface area contributed by atoms with Gasteiger partial charge in [-0.2, -0.15) is 0 Å². The van der Waals surface area contributed by atoms with Gasteiger partial charge in [-0.15, -0.1) is 0 Å². The molecular weight excluding hydrogens is 368 g/mol. The molecule has 1 unspecified atom stereocenters. The molecule has 0 saturated carbocycles. The highest BCUT2D eigenvalue weighted by atomic mass is 32.2. The lowest BCUT2D eigenvalue weighted by Crippen LogP contribution is -2.40. The molecule has 2 amide bonds. The number of nitrogens with zero attached hydrogens (tertiary/aromatic N) is 2. The summed E-state index contributed by atoms with van der Waals surface area (Å²) in [6.45, 7) is 2.29. The maximum atomic E-state index is 12.4. The summed E-state index contributed by atoms with van der Waals surface area (Å²) in [5.41, 5.74) is 1.01. The van der Waals surface area contributed by atoms with Crippen molar-refractivity contribution in [2.24, 2.45) is 0 Å². The summed E-state index contributed by atoms with van der Waals surface area (Å²) in [7, 11) is 0.215. The first-order chi connectivity index (χ1) is 12.7. The minimum Gasteiger partial charge on any atom is -0.496 e. The third-order valence-corrected chi connectivity index (χ3v) is 6.78. The average molecular weight is 397 g/mol. The molecule has 1 saturated heterocycles. The highest BCUT2D eigenvalue weighted by molar-refractivity contribution is 7.91. The number of hydrogen-bond donors (Lipinski definition) is 0. The Morgan fingerprint density at radius 3 is 2.52 bits per heavy atom. The highest BCUT2D eigenvalue weighted by Gasteiger charge is 2.32. The van der Waals surface area contributed by atoms with Crippen LogP contribution in [0, 0.1) is 0 Å². The fourth-order valence-corrected chi connectivity index (χ4v) is 5.06. The SMILES string of the molecule is COc1ccccc1CCN(CCC(=O)N(C)C1CCS(=O)(=O)C1)C(C)=O. The Kier molecular flexibility index (Phi) is 7.24. The Balaban J connectivity index is 1.88. The molecule has 1 aliphatic rings. The maximum Gasteiger partial charge on any atom is 0.224 e. The van der Waals surface area contributed by atoms with Crippen LogP contribution < -0.4 is 4.74 Å². The number of para-hydroxylation sites is 1. The number of rotatable bonds is 8. The molecule has 1 aliphatic heterocycles. The lowest BCUT2D eigenvalue weighted by Gasteiger charge is -2.26. The molecule has 7 nitrogen and oxygen atoms in total. The Morgan fingerprint density at radius 2 is 1.93 bits per heavy atom. The Labute approximate surface area is 161 Å².